The second-order valence-corrected chi connectivity index (χ2v) is 15.7. The number of alkyl carbamates (subject to hydrolysis) is 1. The fourth-order valence-electron chi connectivity index (χ4n) is 6.87. The zero-order valence-electron chi connectivity index (χ0n) is 36.0. The van der Waals surface area contributed by atoms with E-state index < -0.39 is 78.2 Å². The number of rotatable bonds is 24. The molecule has 3 aromatic carbocycles. The van der Waals surface area contributed by atoms with Crippen LogP contribution in [0.4, 0.5) is 4.79 Å². The molecule has 1 saturated heterocycles. The van der Waals surface area contributed by atoms with Crippen molar-refractivity contribution in [2.75, 3.05) is 26.2 Å². The lowest BCUT2D eigenvalue weighted by molar-refractivity contribution is -0.143. The molecule has 17 nitrogen and oxygen atoms in total. The molecule has 0 bridgehead atoms. The Balaban J connectivity index is 1.47. The van der Waals surface area contributed by atoms with E-state index in [1.807, 2.05) is 74.5 Å². The minimum Gasteiger partial charge on any atom is -0.449 e. The van der Waals surface area contributed by atoms with E-state index in [4.69, 9.17) is 15.2 Å². The number of carbonyl (C=O) groups excluding carboxylic acids is 8. The summed E-state index contributed by atoms with van der Waals surface area (Å²) in [4.78, 5) is 107. The second kappa shape index (κ2) is 25.3. The number of nitrogens with two attached hydrogens (primary N) is 1. The summed E-state index contributed by atoms with van der Waals surface area (Å²) >= 11 is 0. The van der Waals surface area contributed by atoms with Crippen molar-refractivity contribution < 1.29 is 47.8 Å². The summed E-state index contributed by atoms with van der Waals surface area (Å²) in [5.41, 5.74) is 7.61. The van der Waals surface area contributed by atoms with Crippen LogP contribution in [0.25, 0.3) is 0 Å². The first kappa shape index (κ1) is 49.0. The predicted octanol–water partition coefficient (Wildman–Crippen LogP) is 2.38. The third-order valence-electron chi connectivity index (χ3n) is 10.1. The van der Waals surface area contributed by atoms with E-state index in [1.165, 1.54) is 4.90 Å². The van der Waals surface area contributed by atoms with Crippen molar-refractivity contribution in [3.63, 3.8) is 0 Å². The first-order valence-corrected chi connectivity index (χ1v) is 21.2. The van der Waals surface area contributed by atoms with Crippen molar-refractivity contribution in [2.45, 2.75) is 96.2 Å². The van der Waals surface area contributed by atoms with E-state index in [1.54, 1.807) is 37.3 Å². The lowest BCUT2D eigenvalue weighted by Gasteiger charge is -2.29. The maximum absolute atomic E-state index is 14.5. The fourth-order valence-corrected chi connectivity index (χ4v) is 6.87. The Kier molecular flexibility index (Phi) is 19.7. The van der Waals surface area contributed by atoms with Crippen molar-refractivity contribution in [1.29, 1.82) is 0 Å². The van der Waals surface area contributed by atoms with E-state index in [-0.39, 0.29) is 70.2 Å². The van der Waals surface area contributed by atoms with Gasteiger partial charge in [-0.15, -0.1) is 0 Å². The molecule has 7 N–H and O–H groups in total. The number of likely N-dealkylation sites (tertiary alicyclic amines) is 1. The number of nitrogens with one attached hydrogen (secondary N) is 5. The van der Waals surface area contributed by atoms with Crippen LogP contribution in [0, 0.1) is 5.92 Å². The Morgan fingerprint density at radius 1 is 0.762 bits per heavy atom. The molecule has 4 rings (SSSR count). The molecular weight excluding hydrogens is 811 g/mol. The third-order valence-corrected chi connectivity index (χ3v) is 10.1. The van der Waals surface area contributed by atoms with E-state index in [0.29, 0.717) is 12.0 Å². The quantitative estimate of drug-likeness (QED) is 0.0567. The highest BCUT2D eigenvalue weighted by Crippen LogP contribution is 2.24. The van der Waals surface area contributed by atoms with Gasteiger partial charge >= 0.3 is 6.09 Å². The zero-order valence-corrected chi connectivity index (χ0v) is 36.0. The standard InChI is InChI=1S/C46H59N7O10/c1-4-15-35(41(56)44(59)49-26-39(55)52-40(42(47)57)33-20-12-7-13-21-33)50-43(58)37-25-34(62-29-32-18-10-6-11-19-32)27-53(37)45(60)36(51-46(61)63-28-30(2)3)22-14-23-48-38(54)24-31-16-8-5-9-17-31/h5-13,16-21,30,34-37,40H,4,14-15,22-29H2,1-3H3,(H2,47,57)(H,48,54)(H,49,59)(H,50,58)(H,51,61)(H,52,55). The van der Waals surface area contributed by atoms with Crippen molar-refractivity contribution in [2.24, 2.45) is 11.7 Å². The van der Waals surface area contributed by atoms with Crippen LogP contribution >= 0.6 is 0 Å². The van der Waals surface area contributed by atoms with Crippen LogP contribution in [0.1, 0.15) is 75.6 Å². The number of hydrogen-bond donors (Lipinski definition) is 6. The van der Waals surface area contributed by atoms with Crippen molar-refractivity contribution in [3.8, 4) is 0 Å². The van der Waals surface area contributed by atoms with Gasteiger partial charge in [0.2, 0.25) is 35.3 Å². The summed E-state index contributed by atoms with van der Waals surface area (Å²) in [7, 11) is 0. The van der Waals surface area contributed by atoms with E-state index >= 15 is 0 Å². The van der Waals surface area contributed by atoms with Crippen LogP contribution in [-0.2, 0) is 56.1 Å². The maximum Gasteiger partial charge on any atom is 0.407 e. The summed E-state index contributed by atoms with van der Waals surface area (Å²) < 4.78 is 11.5. The summed E-state index contributed by atoms with van der Waals surface area (Å²) in [6, 6.07) is 21.9. The van der Waals surface area contributed by atoms with Gasteiger partial charge in [0.05, 0.1) is 38.3 Å². The molecule has 5 unspecified atom stereocenters. The number of benzene rings is 3. The molecule has 5 atom stereocenters. The van der Waals surface area contributed by atoms with Gasteiger partial charge in [0.1, 0.15) is 18.1 Å². The molecule has 17 heteroatoms. The predicted molar refractivity (Wildman–Crippen MR) is 232 cm³/mol. The zero-order chi connectivity index (χ0) is 45.7. The summed E-state index contributed by atoms with van der Waals surface area (Å²) in [5.74, 6) is -5.32. The summed E-state index contributed by atoms with van der Waals surface area (Å²) in [6.45, 7) is 5.27. The second-order valence-electron chi connectivity index (χ2n) is 15.7. The van der Waals surface area contributed by atoms with Crippen molar-refractivity contribution in [1.82, 2.24) is 31.5 Å². The number of carbonyl (C=O) groups is 8. The van der Waals surface area contributed by atoms with Crippen LogP contribution in [0.5, 0.6) is 0 Å². The van der Waals surface area contributed by atoms with E-state index in [0.717, 1.165) is 11.1 Å². The number of ether oxygens (including phenoxy) is 2. The summed E-state index contributed by atoms with van der Waals surface area (Å²) in [5, 5.41) is 12.8. The first-order valence-electron chi connectivity index (χ1n) is 21.2. The van der Waals surface area contributed by atoms with Crippen molar-refractivity contribution in [3.05, 3.63) is 108 Å². The lowest BCUT2D eigenvalue weighted by atomic mass is 10.0. The average Bonchev–Trinajstić information content (AvgIpc) is 3.71. The normalized spacial score (nSPS) is 15.9. The Morgan fingerprint density at radius 3 is 2.02 bits per heavy atom. The Labute approximate surface area is 367 Å². The topological polar surface area (TPSA) is 244 Å². The molecular formula is C46H59N7O10. The van der Waals surface area contributed by atoms with Crippen LogP contribution < -0.4 is 32.3 Å². The molecule has 0 aliphatic carbocycles. The number of primary amides is 1. The van der Waals surface area contributed by atoms with Crippen LogP contribution in [-0.4, -0.2) is 103 Å². The molecule has 63 heavy (non-hydrogen) atoms. The van der Waals surface area contributed by atoms with Gasteiger partial charge in [0.25, 0.3) is 5.91 Å². The molecule has 1 aliphatic heterocycles. The number of amides is 7. The van der Waals surface area contributed by atoms with E-state index in [9.17, 15) is 38.4 Å². The first-order chi connectivity index (χ1) is 30.2. The van der Waals surface area contributed by atoms with Gasteiger partial charge in [-0.25, -0.2) is 4.79 Å². The Hall–Kier alpha value is -6.62. The Morgan fingerprint density at radius 2 is 1.40 bits per heavy atom. The number of Topliss-reactive ketones (excluding diaryl/α,β-unsaturated/α-hetero) is 1. The minimum absolute atomic E-state index is 0.0192. The van der Waals surface area contributed by atoms with Crippen LogP contribution in [0.3, 0.4) is 0 Å². The van der Waals surface area contributed by atoms with Crippen LogP contribution in [0.2, 0.25) is 0 Å². The van der Waals surface area contributed by atoms with Gasteiger partial charge in [-0.3, -0.25) is 33.6 Å². The van der Waals surface area contributed by atoms with E-state index in [2.05, 4.69) is 26.6 Å². The molecule has 0 aromatic heterocycles. The smallest absolute Gasteiger partial charge is 0.407 e. The third kappa shape index (κ3) is 16.3. The highest BCUT2D eigenvalue weighted by Gasteiger charge is 2.43. The maximum atomic E-state index is 14.5. The van der Waals surface area contributed by atoms with Gasteiger partial charge in [0, 0.05) is 19.5 Å². The van der Waals surface area contributed by atoms with Gasteiger partial charge < -0.3 is 46.7 Å². The monoisotopic (exact) mass is 869 g/mol. The molecule has 0 radical (unpaired) electrons. The number of hydrogen-bond acceptors (Lipinski definition) is 10. The highest BCUT2D eigenvalue weighted by atomic mass is 16.5. The van der Waals surface area contributed by atoms with Gasteiger partial charge in [-0.2, -0.15) is 0 Å². The van der Waals surface area contributed by atoms with Gasteiger partial charge in [-0.05, 0) is 41.9 Å². The molecule has 0 saturated carbocycles. The molecule has 1 heterocycles. The summed E-state index contributed by atoms with van der Waals surface area (Å²) in [6.07, 6.45) is -0.450. The number of ketones is 1. The lowest BCUT2D eigenvalue weighted by Crippen LogP contribution is -2.56. The van der Waals surface area contributed by atoms with Crippen molar-refractivity contribution >= 4 is 47.3 Å². The molecule has 3 aromatic rings. The number of nitrogens with zero attached hydrogens (tertiary/aromatic N) is 1. The minimum atomic E-state index is -1.33. The average molecular weight is 870 g/mol. The molecule has 1 fully saturated rings. The highest BCUT2D eigenvalue weighted by molar-refractivity contribution is 6.38. The molecule has 7 amide bonds. The van der Waals surface area contributed by atoms with Gasteiger partial charge in [0.15, 0.2) is 0 Å². The molecule has 1 aliphatic rings. The molecule has 338 valence electrons. The van der Waals surface area contributed by atoms with Gasteiger partial charge in [-0.1, -0.05) is 118 Å². The SMILES string of the molecule is CCCC(NC(=O)C1CC(OCc2ccccc2)CN1C(=O)C(CCCNC(=O)Cc1ccccc1)NC(=O)OCC(C)C)C(=O)C(=O)NCC(=O)NC(C(N)=O)c1ccccc1. The Bertz CT molecular complexity index is 2000. The van der Waals surface area contributed by atoms with Crippen LogP contribution in [0.15, 0.2) is 91.0 Å². The molecule has 0 spiro atoms. The largest absolute Gasteiger partial charge is 0.449 e. The fraction of sp³-hybridized carbons (Fsp3) is 0.435.